The minimum absolute atomic E-state index is 0.00141. The molecule has 0 spiro atoms. The van der Waals surface area contributed by atoms with Crippen molar-refractivity contribution < 1.29 is 4.74 Å². The molecule has 1 aromatic carbocycles. The molecule has 1 unspecified atom stereocenters. The fraction of sp³-hybridized carbons (Fsp3) is 0.571. The number of unbranched alkanes of at least 4 members (excludes halogenated alkanes) is 2. The summed E-state index contributed by atoms with van der Waals surface area (Å²) in [4.78, 5) is 0. The first-order valence-corrected chi connectivity index (χ1v) is 6.14. The van der Waals surface area contributed by atoms with Crippen molar-refractivity contribution in [3.63, 3.8) is 0 Å². The minimum Gasteiger partial charge on any atom is -0.379 e. The van der Waals surface area contributed by atoms with Crippen LogP contribution in [-0.4, -0.2) is 13.2 Å². The summed E-state index contributed by atoms with van der Waals surface area (Å²) < 4.78 is 5.57. The van der Waals surface area contributed by atoms with Gasteiger partial charge < -0.3 is 10.5 Å². The van der Waals surface area contributed by atoms with Crippen molar-refractivity contribution in [1.82, 2.24) is 0 Å². The second-order valence-corrected chi connectivity index (χ2v) is 4.30. The van der Waals surface area contributed by atoms with E-state index in [0.29, 0.717) is 6.61 Å². The maximum Gasteiger partial charge on any atom is 0.0659 e. The third-order valence-electron chi connectivity index (χ3n) is 2.66. The summed E-state index contributed by atoms with van der Waals surface area (Å²) in [7, 11) is 0. The van der Waals surface area contributed by atoms with Crippen LogP contribution in [0.15, 0.2) is 24.3 Å². The number of ether oxygens (including phenoxy) is 1. The number of benzene rings is 1. The second-order valence-electron chi connectivity index (χ2n) is 4.30. The van der Waals surface area contributed by atoms with E-state index in [1.165, 1.54) is 18.4 Å². The molecule has 0 saturated heterocycles. The van der Waals surface area contributed by atoms with E-state index in [-0.39, 0.29) is 6.04 Å². The number of hydrogen-bond acceptors (Lipinski definition) is 2. The van der Waals surface area contributed by atoms with Gasteiger partial charge in [-0.3, -0.25) is 0 Å². The van der Waals surface area contributed by atoms with Crippen LogP contribution >= 0.6 is 0 Å². The minimum atomic E-state index is 0.00141. The van der Waals surface area contributed by atoms with Gasteiger partial charge in [0.1, 0.15) is 0 Å². The highest BCUT2D eigenvalue weighted by Crippen LogP contribution is 2.12. The molecular formula is C14H23NO. The maximum atomic E-state index is 6.05. The van der Waals surface area contributed by atoms with Crippen LogP contribution in [0.25, 0.3) is 0 Å². The monoisotopic (exact) mass is 221 g/mol. The summed E-state index contributed by atoms with van der Waals surface area (Å²) >= 11 is 0. The lowest BCUT2D eigenvalue weighted by Crippen LogP contribution is -2.17. The molecule has 1 aromatic rings. The molecule has 0 fully saturated rings. The van der Waals surface area contributed by atoms with E-state index < -0.39 is 0 Å². The molecule has 0 aliphatic carbocycles. The molecule has 0 aromatic heterocycles. The van der Waals surface area contributed by atoms with E-state index in [2.05, 4.69) is 32.0 Å². The van der Waals surface area contributed by atoms with E-state index in [9.17, 15) is 0 Å². The average molecular weight is 221 g/mol. The topological polar surface area (TPSA) is 35.2 Å². The van der Waals surface area contributed by atoms with E-state index in [1.54, 1.807) is 0 Å². The molecule has 0 saturated carbocycles. The lowest BCUT2D eigenvalue weighted by atomic mass is 10.1. The summed E-state index contributed by atoms with van der Waals surface area (Å²) in [6.07, 6.45) is 3.60. The standard InChI is InChI=1S/C14H23NO/c1-3-4-5-9-16-11-14(15)13-8-6-7-12(2)10-13/h6-8,10,14H,3-5,9,11,15H2,1-2H3. The summed E-state index contributed by atoms with van der Waals surface area (Å²) in [5.74, 6) is 0. The molecule has 90 valence electrons. The number of aryl methyl sites for hydroxylation is 1. The van der Waals surface area contributed by atoms with Crippen LogP contribution in [-0.2, 0) is 4.74 Å². The van der Waals surface area contributed by atoms with Gasteiger partial charge in [-0.05, 0) is 18.9 Å². The first kappa shape index (κ1) is 13.2. The Hall–Kier alpha value is -0.860. The van der Waals surface area contributed by atoms with Crippen molar-refractivity contribution >= 4 is 0 Å². The Kier molecular flexibility index (Phi) is 6.12. The maximum absolute atomic E-state index is 6.05. The molecule has 2 heteroatoms. The Morgan fingerprint density at radius 1 is 1.31 bits per heavy atom. The van der Waals surface area contributed by atoms with Gasteiger partial charge in [-0.15, -0.1) is 0 Å². The molecule has 0 aliphatic rings. The normalized spacial score (nSPS) is 12.7. The Morgan fingerprint density at radius 2 is 2.12 bits per heavy atom. The lowest BCUT2D eigenvalue weighted by Gasteiger charge is -2.13. The Bertz CT molecular complexity index is 299. The largest absolute Gasteiger partial charge is 0.379 e. The molecule has 0 aliphatic heterocycles. The van der Waals surface area contributed by atoms with Crippen molar-refractivity contribution in [1.29, 1.82) is 0 Å². The van der Waals surface area contributed by atoms with Crippen LogP contribution in [0, 0.1) is 6.92 Å². The smallest absolute Gasteiger partial charge is 0.0659 e. The first-order chi connectivity index (χ1) is 7.74. The van der Waals surface area contributed by atoms with Crippen molar-refractivity contribution in [3.8, 4) is 0 Å². The molecule has 0 heterocycles. The first-order valence-electron chi connectivity index (χ1n) is 6.14. The molecule has 0 amide bonds. The summed E-state index contributed by atoms with van der Waals surface area (Å²) in [6.45, 7) is 5.72. The zero-order chi connectivity index (χ0) is 11.8. The quantitative estimate of drug-likeness (QED) is 0.718. The van der Waals surface area contributed by atoms with Crippen molar-refractivity contribution in [2.75, 3.05) is 13.2 Å². The molecule has 1 atom stereocenters. The van der Waals surface area contributed by atoms with Crippen LogP contribution < -0.4 is 5.73 Å². The Labute approximate surface area is 98.8 Å². The zero-order valence-corrected chi connectivity index (χ0v) is 10.4. The van der Waals surface area contributed by atoms with Gasteiger partial charge in [0.15, 0.2) is 0 Å². The van der Waals surface area contributed by atoms with Crippen molar-refractivity contribution in [2.45, 2.75) is 39.2 Å². The van der Waals surface area contributed by atoms with Gasteiger partial charge in [0.2, 0.25) is 0 Å². The zero-order valence-electron chi connectivity index (χ0n) is 10.4. The van der Waals surface area contributed by atoms with Gasteiger partial charge in [-0.2, -0.15) is 0 Å². The fourth-order valence-corrected chi connectivity index (χ4v) is 1.66. The number of hydrogen-bond donors (Lipinski definition) is 1. The van der Waals surface area contributed by atoms with Crippen LogP contribution in [0.3, 0.4) is 0 Å². The van der Waals surface area contributed by atoms with Gasteiger partial charge in [-0.1, -0.05) is 49.6 Å². The van der Waals surface area contributed by atoms with Crippen LogP contribution in [0.2, 0.25) is 0 Å². The highest BCUT2D eigenvalue weighted by atomic mass is 16.5. The van der Waals surface area contributed by atoms with Gasteiger partial charge >= 0.3 is 0 Å². The Morgan fingerprint density at radius 3 is 2.81 bits per heavy atom. The van der Waals surface area contributed by atoms with Crippen LogP contribution in [0.5, 0.6) is 0 Å². The predicted molar refractivity (Wildman–Crippen MR) is 68.5 cm³/mol. The molecule has 1 rings (SSSR count). The molecule has 2 N–H and O–H groups in total. The Balaban J connectivity index is 2.27. The highest BCUT2D eigenvalue weighted by Gasteiger charge is 2.05. The van der Waals surface area contributed by atoms with E-state index in [0.717, 1.165) is 18.6 Å². The molecule has 0 radical (unpaired) electrons. The molecular weight excluding hydrogens is 198 g/mol. The lowest BCUT2D eigenvalue weighted by molar-refractivity contribution is 0.117. The van der Waals surface area contributed by atoms with Gasteiger partial charge in [0.25, 0.3) is 0 Å². The molecule has 2 nitrogen and oxygen atoms in total. The van der Waals surface area contributed by atoms with E-state index in [4.69, 9.17) is 10.5 Å². The van der Waals surface area contributed by atoms with Gasteiger partial charge in [0.05, 0.1) is 12.6 Å². The van der Waals surface area contributed by atoms with Crippen LogP contribution in [0.1, 0.15) is 43.4 Å². The van der Waals surface area contributed by atoms with Gasteiger partial charge in [0, 0.05) is 6.61 Å². The molecule has 0 bridgehead atoms. The number of rotatable bonds is 7. The third kappa shape index (κ3) is 4.77. The van der Waals surface area contributed by atoms with E-state index in [1.807, 2.05) is 6.07 Å². The van der Waals surface area contributed by atoms with Crippen LogP contribution in [0.4, 0.5) is 0 Å². The third-order valence-corrected chi connectivity index (χ3v) is 2.66. The predicted octanol–water partition coefficient (Wildman–Crippen LogP) is 3.20. The van der Waals surface area contributed by atoms with E-state index >= 15 is 0 Å². The summed E-state index contributed by atoms with van der Waals surface area (Å²) in [5, 5.41) is 0. The summed E-state index contributed by atoms with van der Waals surface area (Å²) in [6, 6.07) is 8.31. The second kappa shape index (κ2) is 7.42. The van der Waals surface area contributed by atoms with Crippen molar-refractivity contribution in [2.24, 2.45) is 5.73 Å². The van der Waals surface area contributed by atoms with Gasteiger partial charge in [-0.25, -0.2) is 0 Å². The number of nitrogens with two attached hydrogens (primary N) is 1. The average Bonchev–Trinajstić information content (AvgIpc) is 2.28. The summed E-state index contributed by atoms with van der Waals surface area (Å²) in [5.41, 5.74) is 8.47. The van der Waals surface area contributed by atoms with Crippen molar-refractivity contribution in [3.05, 3.63) is 35.4 Å². The SMILES string of the molecule is CCCCCOCC(N)c1cccc(C)c1. The fourth-order valence-electron chi connectivity index (χ4n) is 1.66. The highest BCUT2D eigenvalue weighted by molar-refractivity contribution is 5.24. The molecule has 16 heavy (non-hydrogen) atoms.